The third-order valence-corrected chi connectivity index (χ3v) is 5.83. The molecule has 0 N–H and O–H groups in total. The van der Waals surface area contributed by atoms with E-state index in [1.807, 2.05) is 37.3 Å². The molecule has 0 spiro atoms. The minimum Gasteiger partial charge on any atom is -0.494 e. The van der Waals surface area contributed by atoms with Crippen LogP contribution in [-0.2, 0) is 9.59 Å². The molecular weight excluding hydrogens is 390 g/mol. The number of anilines is 1. The van der Waals surface area contributed by atoms with Gasteiger partial charge < -0.3 is 4.74 Å². The summed E-state index contributed by atoms with van der Waals surface area (Å²) in [6.07, 6.45) is 4.56. The van der Waals surface area contributed by atoms with Gasteiger partial charge in [0.25, 0.3) is 5.91 Å². The van der Waals surface area contributed by atoms with Gasteiger partial charge in [-0.2, -0.15) is 0 Å². The fourth-order valence-corrected chi connectivity index (χ4v) is 4.21. The Morgan fingerprint density at radius 3 is 2.52 bits per heavy atom. The van der Waals surface area contributed by atoms with Crippen LogP contribution in [0, 0.1) is 0 Å². The first-order valence-electron chi connectivity index (χ1n) is 10.9. The Morgan fingerprint density at radius 1 is 1.00 bits per heavy atom. The number of piperazine rings is 1. The lowest BCUT2D eigenvalue weighted by Crippen LogP contribution is -2.52. The van der Waals surface area contributed by atoms with E-state index in [1.54, 1.807) is 12.1 Å². The van der Waals surface area contributed by atoms with E-state index in [2.05, 4.69) is 34.1 Å². The van der Waals surface area contributed by atoms with Crippen LogP contribution in [0.3, 0.4) is 0 Å². The van der Waals surface area contributed by atoms with Crippen molar-refractivity contribution in [2.45, 2.75) is 19.4 Å². The van der Waals surface area contributed by atoms with Gasteiger partial charge >= 0.3 is 0 Å². The second kappa shape index (κ2) is 9.90. The summed E-state index contributed by atoms with van der Waals surface area (Å²) in [7, 11) is 0. The number of imide groups is 1. The van der Waals surface area contributed by atoms with E-state index in [-0.39, 0.29) is 24.3 Å². The number of hydrogen-bond donors (Lipinski definition) is 0. The van der Waals surface area contributed by atoms with Gasteiger partial charge in [-0.15, -0.1) is 0 Å². The number of ether oxygens (including phenoxy) is 1. The predicted octanol–water partition coefficient (Wildman–Crippen LogP) is 3.05. The van der Waals surface area contributed by atoms with E-state index in [4.69, 9.17) is 4.74 Å². The summed E-state index contributed by atoms with van der Waals surface area (Å²) in [4.78, 5) is 31.6. The van der Waals surface area contributed by atoms with Crippen molar-refractivity contribution < 1.29 is 14.3 Å². The van der Waals surface area contributed by atoms with Crippen LogP contribution in [0.5, 0.6) is 5.75 Å². The fourth-order valence-electron chi connectivity index (χ4n) is 4.21. The molecule has 0 aliphatic carbocycles. The first-order chi connectivity index (χ1) is 15.2. The number of carbonyl (C=O) groups is 2. The molecule has 2 saturated heterocycles. The molecule has 2 fully saturated rings. The molecule has 1 unspecified atom stereocenters. The maximum Gasteiger partial charge on any atom is 0.251 e. The zero-order valence-corrected chi connectivity index (χ0v) is 17.9. The molecule has 2 aliphatic rings. The highest BCUT2D eigenvalue weighted by atomic mass is 16.5. The van der Waals surface area contributed by atoms with E-state index < -0.39 is 0 Å². The van der Waals surface area contributed by atoms with Crippen LogP contribution in [-0.4, -0.2) is 67.0 Å². The minimum absolute atomic E-state index is 0.129. The molecule has 31 heavy (non-hydrogen) atoms. The normalized spacial score (nSPS) is 20.7. The Hall–Kier alpha value is -2.96. The molecule has 6 nitrogen and oxygen atoms in total. The molecule has 4 rings (SSSR count). The molecule has 2 aliphatic heterocycles. The fraction of sp³-hybridized carbons (Fsp3) is 0.360. The number of carbonyl (C=O) groups excluding carboxylic acids is 2. The van der Waals surface area contributed by atoms with Gasteiger partial charge in [0.1, 0.15) is 5.75 Å². The highest BCUT2D eigenvalue weighted by Gasteiger charge is 2.43. The summed E-state index contributed by atoms with van der Waals surface area (Å²) in [6, 6.07) is 17.1. The molecule has 162 valence electrons. The largest absolute Gasteiger partial charge is 0.494 e. The maximum atomic E-state index is 13.1. The van der Waals surface area contributed by atoms with Crippen LogP contribution in [0.2, 0.25) is 0 Å². The van der Waals surface area contributed by atoms with Crippen LogP contribution in [0.1, 0.15) is 18.9 Å². The lowest BCUT2D eigenvalue weighted by molar-refractivity contribution is -0.123. The SMILES string of the molecule is CCOc1cccc(N2C(=O)CC(N3CCN(C/C=C/c4ccccc4)CC3)C2=O)c1. The predicted molar refractivity (Wildman–Crippen MR) is 122 cm³/mol. The molecule has 2 heterocycles. The summed E-state index contributed by atoms with van der Waals surface area (Å²) in [5.41, 5.74) is 1.79. The Bertz CT molecular complexity index is 936. The number of rotatable bonds is 7. The quantitative estimate of drug-likeness (QED) is 0.646. The molecule has 2 aromatic rings. The van der Waals surface area contributed by atoms with Gasteiger partial charge in [0.15, 0.2) is 0 Å². The number of amides is 2. The van der Waals surface area contributed by atoms with Crippen molar-refractivity contribution in [3.8, 4) is 5.75 Å². The van der Waals surface area contributed by atoms with Crippen molar-refractivity contribution in [2.75, 3.05) is 44.2 Å². The van der Waals surface area contributed by atoms with E-state index in [9.17, 15) is 9.59 Å². The summed E-state index contributed by atoms with van der Waals surface area (Å²) >= 11 is 0. The smallest absolute Gasteiger partial charge is 0.251 e. The van der Waals surface area contributed by atoms with Crippen molar-refractivity contribution in [1.29, 1.82) is 0 Å². The third kappa shape index (κ3) is 5.03. The van der Waals surface area contributed by atoms with E-state index >= 15 is 0 Å². The first-order valence-corrected chi connectivity index (χ1v) is 10.9. The second-order valence-corrected chi connectivity index (χ2v) is 7.87. The Kier molecular flexibility index (Phi) is 6.79. The van der Waals surface area contributed by atoms with Crippen molar-refractivity contribution in [3.63, 3.8) is 0 Å². The molecule has 2 amide bonds. The van der Waals surface area contributed by atoms with Crippen molar-refractivity contribution >= 4 is 23.6 Å². The van der Waals surface area contributed by atoms with Gasteiger partial charge in [0.2, 0.25) is 5.91 Å². The lowest BCUT2D eigenvalue weighted by Gasteiger charge is -2.36. The van der Waals surface area contributed by atoms with Crippen LogP contribution in [0.25, 0.3) is 6.08 Å². The topological polar surface area (TPSA) is 53.1 Å². The summed E-state index contributed by atoms with van der Waals surface area (Å²) in [5, 5.41) is 0. The summed E-state index contributed by atoms with van der Waals surface area (Å²) < 4.78 is 5.52. The lowest BCUT2D eigenvalue weighted by atomic mass is 10.1. The van der Waals surface area contributed by atoms with Crippen molar-refractivity contribution in [3.05, 3.63) is 66.2 Å². The van der Waals surface area contributed by atoms with Crippen LogP contribution < -0.4 is 9.64 Å². The Balaban J connectivity index is 1.33. The molecule has 6 heteroatoms. The standard InChI is InChI=1S/C25H29N3O3/c1-2-31-22-12-6-11-21(18-22)28-24(29)19-23(25(28)30)27-16-14-26(15-17-27)13-7-10-20-8-4-3-5-9-20/h3-12,18,23H,2,13-17,19H2,1H3/b10-7+. The van der Waals surface area contributed by atoms with Gasteiger partial charge in [0, 0.05) is 38.8 Å². The van der Waals surface area contributed by atoms with Crippen LogP contribution >= 0.6 is 0 Å². The van der Waals surface area contributed by atoms with Crippen molar-refractivity contribution in [1.82, 2.24) is 9.80 Å². The first kappa shape index (κ1) is 21.3. The van der Waals surface area contributed by atoms with Gasteiger partial charge in [-0.05, 0) is 24.6 Å². The average Bonchev–Trinajstić information content (AvgIpc) is 3.09. The maximum absolute atomic E-state index is 13.1. The van der Waals surface area contributed by atoms with Crippen molar-refractivity contribution in [2.24, 2.45) is 0 Å². The summed E-state index contributed by atoms with van der Waals surface area (Å²) in [6.45, 7) is 6.68. The monoisotopic (exact) mass is 419 g/mol. The van der Waals surface area contributed by atoms with Gasteiger partial charge in [-0.3, -0.25) is 19.4 Å². The minimum atomic E-state index is -0.370. The molecule has 2 aromatic carbocycles. The molecule has 0 aromatic heterocycles. The Morgan fingerprint density at radius 2 is 1.77 bits per heavy atom. The van der Waals surface area contributed by atoms with Gasteiger partial charge in [-0.1, -0.05) is 48.6 Å². The van der Waals surface area contributed by atoms with Crippen LogP contribution in [0.4, 0.5) is 5.69 Å². The third-order valence-electron chi connectivity index (χ3n) is 5.83. The highest BCUT2D eigenvalue weighted by molar-refractivity contribution is 6.22. The summed E-state index contributed by atoms with van der Waals surface area (Å²) in [5.74, 6) is 0.397. The van der Waals surface area contributed by atoms with E-state index in [1.165, 1.54) is 10.5 Å². The van der Waals surface area contributed by atoms with E-state index in [0.29, 0.717) is 18.0 Å². The molecular formula is C25H29N3O3. The number of hydrogen-bond acceptors (Lipinski definition) is 5. The number of nitrogens with zero attached hydrogens (tertiary/aromatic N) is 3. The molecule has 1 atom stereocenters. The Labute approximate surface area is 183 Å². The second-order valence-electron chi connectivity index (χ2n) is 7.87. The zero-order chi connectivity index (χ0) is 21.6. The average molecular weight is 420 g/mol. The molecule has 0 radical (unpaired) electrons. The highest BCUT2D eigenvalue weighted by Crippen LogP contribution is 2.29. The van der Waals surface area contributed by atoms with Gasteiger partial charge in [-0.25, -0.2) is 4.90 Å². The van der Waals surface area contributed by atoms with Crippen LogP contribution in [0.15, 0.2) is 60.7 Å². The molecule has 0 bridgehead atoms. The zero-order valence-electron chi connectivity index (χ0n) is 17.9. The number of benzene rings is 2. The van der Waals surface area contributed by atoms with E-state index in [0.717, 1.165) is 32.7 Å². The van der Waals surface area contributed by atoms with Gasteiger partial charge in [0.05, 0.1) is 24.8 Å². The molecule has 0 saturated carbocycles.